The van der Waals surface area contributed by atoms with Gasteiger partial charge in [-0.15, -0.1) is 11.3 Å². The van der Waals surface area contributed by atoms with Gasteiger partial charge in [-0.1, -0.05) is 30.3 Å². The summed E-state index contributed by atoms with van der Waals surface area (Å²) >= 11 is 1.68. The molecule has 1 aromatic heterocycles. The number of ether oxygens (including phenoxy) is 1. The molecule has 0 fully saturated rings. The Morgan fingerprint density at radius 3 is 2.50 bits per heavy atom. The van der Waals surface area contributed by atoms with Crippen LogP contribution < -0.4 is 10.5 Å². The van der Waals surface area contributed by atoms with Crippen LogP contribution in [0.2, 0.25) is 0 Å². The summed E-state index contributed by atoms with van der Waals surface area (Å²) in [5.41, 5.74) is 9.99. The van der Waals surface area contributed by atoms with Crippen molar-refractivity contribution in [1.82, 2.24) is 4.98 Å². The SMILES string of the molecule is Cc1nc(-c2ccc(OCc3ccccc3)c(N)c2)sc1C. The van der Waals surface area contributed by atoms with Gasteiger partial charge in [0.25, 0.3) is 0 Å². The number of nitrogen functional groups attached to an aromatic ring is 1. The van der Waals surface area contributed by atoms with Crippen LogP contribution in [-0.2, 0) is 6.61 Å². The maximum atomic E-state index is 6.12. The molecule has 0 amide bonds. The van der Waals surface area contributed by atoms with Gasteiger partial charge in [-0.2, -0.15) is 0 Å². The van der Waals surface area contributed by atoms with Gasteiger partial charge >= 0.3 is 0 Å². The summed E-state index contributed by atoms with van der Waals surface area (Å²) in [5.74, 6) is 0.706. The molecule has 112 valence electrons. The number of nitrogens with zero attached hydrogens (tertiary/aromatic N) is 1. The summed E-state index contributed by atoms with van der Waals surface area (Å²) in [6.45, 7) is 4.62. The van der Waals surface area contributed by atoms with Gasteiger partial charge in [0, 0.05) is 10.4 Å². The topological polar surface area (TPSA) is 48.1 Å². The van der Waals surface area contributed by atoms with Crippen LogP contribution in [-0.4, -0.2) is 4.98 Å². The predicted octanol–water partition coefficient (Wildman–Crippen LogP) is 4.59. The Morgan fingerprint density at radius 1 is 1.09 bits per heavy atom. The maximum absolute atomic E-state index is 6.12. The second-order valence-corrected chi connectivity index (χ2v) is 6.39. The highest BCUT2D eigenvalue weighted by atomic mass is 32.1. The van der Waals surface area contributed by atoms with Crippen LogP contribution in [0.3, 0.4) is 0 Å². The number of nitrogens with two attached hydrogens (primary N) is 1. The first kappa shape index (κ1) is 14.6. The number of hydrogen-bond donors (Lipinski definition) is 1. The van der Waals surface area contributed by atoms with E-state index in [1.807, 2.05) is 55.5 Å². The van der Waals surface area contributed by atoms with E-state index >= 15 is 0 Å². The van der Waals surface area contributed by atoms with E-state index < -0.39 is 0 Å². The van der Waals surface area contributed by atoms with Crippen molar-refractivity contribution in [2.24, 2.45) is 0 Å². The summed E-state index contributed by atoms with van der Waals surface area (Å²) in [6, 6.07) is 15.9. The van der Waals surface area contributed by atoms with E-state index in [1.54, 1.807) is 11.3 Å². The minimum absolute atomic E-state index is 0.514. The molecular formula is C18H18N2OS. The van der Waals surface area contributed by atoms with E-state index in [9.17, 15) is 0 Å². The molecule has 0 bridgehead atoms. The molecule has 4 heteroatoms. The summed E-state index contributed by atoms with van der Waals surface area (Å²) in [4.78, 5) is 5.80. The summed E-state index contributed by atoms with van der Waals surface area (Å²) in [6.07, 6.45) is 0. The van der Waals surface area contributed by atoms with Crippen LogP contribution in [0.5, 0.6) is 5.75 Å². The van der Waals surface area contributed by atoms with E-state index in [0.717, 1.165) is 21.8 Å². The first-order valence-corrected chi connectivity index (χ1v) is 7.96. The fourth-order valence-electron chi connectivity index (χ4n) is 2.14. The second kappa shape index (κ2) is 6.20. The predicted molar refractivity (Wildman–Crippen MR) is 92.2 cm³/mol. The van der Waals surface area contributed by atoms with E-state index in [-0.39, 0.29) is 0 Å². The molecule has 0 unspecified atom stereocenters. The normalized spacial score (nSPS) is 10.6. The number of aromatic nitrogens is 1. The van der Waals surface area contributed by atoms with Crippen LogP contribution >= 0.6 is 11.3 Å². The Balaban J connectivity index is 1.77. The van der Waals surface area contributed by atoms with E-state index in [4.69, 9.17) is 10.5 Å². The standard InChI is InChI=1S/C18H18N2OS/c1-12-13(2)22-18(20-12)15-8-9-17(16(19)10-15)21-11-14-6-4-3-5-7-14/h3-10H,11,19H2,1-2H3. The lowest BCUT2D eigenvalue weighted by molar-refractivity contribution is 0.308. The van der Waals surface area contributed by atoms with E-state index in [0.29, 0.717) is 18.0 Å². The molecule has 0 saturated heterocycles. The monoisotopic (exact) mass is 310 g/mol. The van der Waals surface area contributed by atoms with Crippen LogP contribution in [0.1, 0.15) is 16.1 Å². The number of hydrogen-bond acceptors (Lipinski definition) is 4. The first-order chi connectivity index (χ1) is 10.6. The second-order valence-electron chi connectivity index (χ2n) is 5.19. The Morgan fingerprint density at radius 2 is 1.86 bits per heavy atom. The van der Waals surface area contributed by atoms with Crippen molar-refractivity contribution in [2.75, 3.05) is 5.73 Å². The molecule has 0 aliphatic rings. The maximum Gasteiger partial charge on any atom is 0.142 e. The molecule has 3 rings (SSSR count). The molecule has 2 aromatic carbocycles. The molecule has 22 heavy (non-hydrogen) atoms. The highest BCUT2D eigenvalue weighted by Crippen LogP contribution is 2.32. The van der Waals surface area contributed by atoms with Crippen molar-refractivity contribution >= 4 is 17.0 Å². The molecule has 0 saturated carbocycles. The Labute approximate surface area is 134 Å². The lowest BCUT2D eigenvalue weighted by atomic mass is 10.2. The average molecular weight is 310 g/mol. The third-order valence-corrected chi connectivity index (χ3v) is 4.64. The van der Waals surface area contributed by atoms with Gasteiger partial charge in [0.15, 0.2) is 0 Å². The lowest BCUT2D eigenvalue weighted by Gasteiger charge is -2.10. The molecule has 2 N–H and O–H groups in total. The molecule has 3 nitrogen and oxygen atoms in total. The number of benzene rings is 2. The number of aryl methyl sites for hydroxylation is 2. The van der Waals surface area contributed by atoms with Crippen molar-refractivity contribution in [2.45, 2.75) is 20.5 Å². The largest absolute Gasteiger partial charge is 0.487 e. The van der Waals surface area contributed by atoms with Crippen LogP contribution in [0.25, 0.3) is 10.6 Å². The van der Waals surface area contributed by atoms with Crippen LogP contribution in [0.15, 0.2) is 48.5 Å². The summed E-state index contributed by atoms with van der Waals surface area (Å²) in [5, 5.41) is 0.997. The summed E-state index contributed by atoms with van der Waals surface area (Å²) < 4.78 is 5.80. The quantitative estimate of drug-likeness (QED) is 0.717. The van der Waals surface area contributed by atoms with Gasteiger partial charge in [0.1, 0.15) is 17.4 Å². The summed E-state index contributed by atoms with van der Waals surface area (Å²) in [7, 11) is 0. The third-order valence-electron chi connectivity index (χ3n) is 3.52. The van der Waals surface area contributed by atoms with E-state index in [1.165, 1.54) is 4.88 Å². The molecule has 0 radical (unpaired) electrons. The molecule has 0 spiro atoms. The van der Waals surface area contributed by atoms with Gasteiger partial charge in [0.2, 0.25) is 0 Å². The third kappa shape index (κ3) is 3.12. The number of anilines is 1. The zero-order valence-corrected chi connectivity index (χ0v) is 13.5. The van der Waals surface area contributed by atoms with E-state index in [2.05, 4.69) is 11.9 Å². The molecule has 0 aliphatic carbocycles. The van der Waals surface area contributed by atoms with Gasteiger partial charge < -0.3 is 10.5 Å². The molecule has 3 aromatic rings. The zero-order valence-electron chi connectivity index (χ0n) is 12.7. The van der Waals surface area contributed by atoms with Gasteiger partial charge in [-0.05, 0) is 37.6 Å². The van der Waals surface area contributed by atoms with Crippen LogP contribution in [0.4, 0.5) is 5.69 Å². The fourth-order valence-corrected chi connectivity index (χ4v) is 3.06. The molecule has 0 aliphatic heterocycles. The number of rotatable bonds is 4. The molecule has 0 atom stereocenters. The smallest absolute Gasteiger partial charge is 0.142 e. The van der Waals surface area contributed by atoms with Crippen molar-refractivity contribution in [3.8, 4) is 16.3 Å². The Kier molecular flexibility index (Phi) is 4.11. The van der Waals surface area contributed by atoms with Gasteiger partial charge in [-0.25, -0.2) is 4.98 Å². The highest BCUT2D eigenvalue weighted by Gasteiger charge is 2.09. The van der Waals surface area contributed by atoms with Crippen molar-refractivity contribution in [3.05, 3.63) is 64.7 Å². The Bertz CT molecular complexity index is 762. The van der Waals surface area contributed by atoms with Crippen LogP contribution in [0, 0.1) is 13.8 Å². The lowest BCUT2D eigenvalue weighted by Crippen LogP contribution is -1.98. The van der Waals surface area contributed by atoms with Crippen molar-refractivity contribution in [3.63, 3.8) is 0 Å². The van der Waals surface area contributed by atoms with Crippen molar-refractivity contribution in [1.29, 1.82) is 0 Å². The minimum atomic E-state index is 0.514. The first-order valence-electron chi connectivity index (χ1n) is 7.14. The van der Waals surface area contributed by atoms with Crippen molar-refractivity contribution < 1.29 is 4.74 Å². The van der Waals surface area contributed by atoms with Gasteiger partial charge in [0.05, 0.1) is 11.4 Å². The zero-order chi connectivity index (χ0) is 15.5. The molecular weight excluding hydrogens is 292 g/mol. The average Bonchev–Trinajstić information content (AvgIpc) is 2.86. The Hall–Kier alpha value is -2.33. The fraction of sp³-hybridized carbons (Fsp3) is 0.167. The highest BCUT2D eigenvalue weighted by molar-refractivity contribution is 7.15. The number of thiazole rings is 1. The molecule has 1 heterocycles. The van der Waals surface area contributed by atoms with Gasteiger partial charge in [-0.3, -0.25) is 0 Å². The minimum Gasteiger partial charge on any atom is -0.487 e.